The number of alkyl halides is 1. The second-order valence-electron chi connectivity index (χ2n) is 6.43. The van der Waals surface area contributed by atoms with Crippen molar-refractivity contribution in [1.29, 1.82) is 5.26 Å². The van der Waals surface area contributed by atoms with Crippen LogP contribution < -0.4 is 11.1 Å². The number of nitrogens with zero attached hydrogens (tertiary/aromatic N) is 3. The Bertz CT molecular complexity index is 971. The molecule has 1 aliphatic rings. The largest absolute Gasteiger partial charge is 0.386 e. The molecule has 1 aromatic heterocycles. The summed E-state index contributed by atoms with van der Waals surface area (Å²) in [7, 11) is 0. The Hall–Kier alpha value is -3.38. The zero-order valence-corrected chi connectivity index (χ0v) is 14.9. The summed E-state index contributed by atoms with van der Waals surface area (Å²) in [4.78, 5) is 20.4. The second kappa shape index (κ2) is 7.70. The average Bonchev–Trinajstić information content (AvgIpc) is 2.81. The zero-order valence-electron chi connectivity index (χ0n) is 14.9. The van der Waals surface area contributed by atoms with Gasteiger partial charge in [-0.1, -0.05) is 0 Å². The van der Waals surface area contributed by atoms with Crippen molar-refractivity contribution in [3.8, 4) is 6.07 Å². The molecule has 2 heterocycles. The molecule has 2 atom stereocenters. The van der Waals surface area contributed by atoms with Gasteiger partial charge in [-0.25, -0.2) is 13.8 Å². The number of rotatable bonds is 3. The van der Waals surface area contributed by atoms with Crippen molar-refractivity contribution in [3.05, 3.63) is 59.2 Å². The normalized spacial score (nSPS) is 21.9. The highest BCUT2D eigenvalue weighted by Crippen LogP contribution is 2.36. The van der Waals surface area contributed by atoms with Crippen LogP contribution in [0.1, 0.15) is 28.5 Å². The predicted molar refractivity (Wildman–Crippen MR) is 98.0 cm³/mol. The Morgan fingerprint density at radius 1 is 1.43 bits per heavy atom. The van der Waals surface area contributed by atoms with E-state index in [4.69, 9.17) is 15.7 Å². The van der Waals surface area contributed by atoms with Crippen molar-refractivity contribution in [1.82, 2.24) is 4.98 Å². The predicted octanol–water partition coefficient (Wildman–Crippen LogP) is 2.29. The van der Waals surface area contributed by atoms with Crippen LogP contribution in [0, 0.1) is 17.1 Å². The number of pyridine rings is 1. The summed E-state index contributed by atoms with van der Waals surface area (Å²) in [5.41, 5.74) is 4.68. The Labute approximate surface area is 159 Å². The van der Waals surface area contributed by atoms with Crippen molar-refractivity contribution in [2.75, 3.05) is 18.5 Å². The summed E-state index contributed by atoms with van der Waals surface area (Å²) < 4.78 is 34.3. The van der Waals surface area contributed by atoms with E-state index < -0.39 is 23.4 Å². The molecule has 1 aromatic carbocycles. The molecule has 9 heteroatoms. The number of amidine groups is 1. The molecule has 1 amide bonds. The van der Waals surface area contributed by atoms with Gasteiger partial charge in [-0.05, 0) is 37.3 Å². The van der Waals surface area contributed by atoms with E-state index in [0.29, 0.717) is 5.56 Å². The quantitative estimate of drug-likeness (QED) is 0.842. The van der Waals surface area contributed by atoms with Crippen LogP contribution in [-0.4, -0.2) is 36.1 Å². The van der Waals surface area contributed by atoms with Crippen molar-refractivity contribution >= 4 is 17.4 Å². The lowest BCUT2D eigenvalue weighted by Crippen LogP contribution is -2.35. The minimum atomic E-state index is -1.63. The van der Waals surface area contributed by atoms with Gasteiger partial charge in [-0.15, -0.1) is 0 Å². The number of hydrogen-bond acceptors (Lipinski definition) is 6. The van der Waals surface area contributed by atoms with E-state index in [1.165, 1.54) is 37.4 Å². The number of aliphatic imine (C=N–C) groups is 1. The number of halogens is 2. The van der Waals surface area contributed by atoms with Crippen LogP contribution >= 0.6 is 0 Å². The number of nitrogens with two attached hydrogens (primary N) is 1. The number of carbonyl (C=O) groups excluding carboxylic acids is 1. The van der Waals surface area contributed by atoms with Crippen LogP contribution in [0.3, 0.4) is 0 Å². The maximum atomic E-state index is 14.7. The fraction of sp³-hybridized carbons (Fsp3) is 0.263. The Morgan fingerprint density at radius 3 is 2.89 bits per heavy atom. The van der Waals surface area contributed by atoms with Crippen LogP contribution in [-0.2, 0) is 10.3 Å². The highest BCUT2D eigenvalue weighted by Gasteiger charge is 2.40. The van der Waals surface area contributed by atoms with Gasteiger partial charge in [-0.3, -0.25) is 9.79 Å². The van der Waals surface area contributed by atoms with E-state index in [0.717, 1.165) is 6.07 Å². The number of nitrogens with one attached hydrogen (secondary N) is 1. The lowest BCUT2D eigenvalue weighted by Gasteiger charge is -2.28. The summed E-state index contributed by atoms with van der Waals surface area (Å²) in [6.45, 7) is 1.09. The van der Waals surface area contributed by atoms with E-state index in [1.54, 1.807) is 0 Å². The van der Waals surface area contributed by atoms with Crippen LogP contribution in [0.4, 0.5) is 14.5 Å². The Balaban J connectivity index is 1.91. The fourth-order valence-corrected chi connectivity index (χ4v) is 2.84. The Kier molecular flexibility index (Phi) is 5.33. The van der Waals surface area contributed by atoms with Gasteiger partial charge in [0, 0.05) is 17.4 Å². The highest BCUT2D eigenvalue weighted by molar-refractivity contribution is 6.02. The first-order valence-electron chi connectivity index (χ1n) is 8.37. The summed E-state index contributed by atoms with van der Waals surface area (Å²) in [5, 5.41) is 11.4. The third-order valence-electron chi connectivity index (χ3n) is 4.39. The third kappa shape index (κ3) is 3.82. The number of ether oxygens (including phenoxy) is 1. The molecule has 0 fully saturated rings. The zero-order chi connectivity index (χ0) is 20.3. The van der Waals surface area contributed by atoms with E-state index >= 15 is 0 Å². The molecule has 3 rings (SSSR count). The number of hydrogen-bond donors (Lipinski definition) is 2. The van der Waals surface area contributed by atoms with E-state index in [1.807, 2.05) is 6.07 Å². The maximum Gasteiger partial charge on any atom is 0.274 e. The molecule has 1 unspecified atom stereocenters. The van der Waals surface area contributed by atoms with Gasteiger partial charge in [-0.2, -0.15) is 5.26 Å². The number of anilines is 1. The second-order valence-corrected chi connectivity index (χ2v) is 6.43. The lowest BCUT2D eigenvalue weighted by atomic mass is 9.87. The van der Waals surface area contributed by atoms with Crippen LogP contribution in [0.25, 0.3) is 0 Å². The number of benzene rings is 1. The van der Waals surface area contributed by atoms with Gasteiger partial charge >= 0.3 is 0 Å². The molecule has 0 spiro atoms. The van der Waals surface area contributed by atoms with Gasteiger partial charge in [0.1, 0.15) is 35.6 Å². The first kappa shape index (κ1) is 19.4. The number of nitriles is 1. The van der Waals surface area contributed by atoms with Crippen LogP contribution in [0.5, 0.6) is 0 Å². The molecular formula is C19H17F2N5O2. The molecular weight excluding hydrogens is 368 g/mol. The molecule has 0 aliphatic carbocycles. The van der Waals surface area contributed by atoms with E-state index in [2.05, 4.69) is 15.3 Å². The summed E-state index contributed by atoms with van der Waals surface area (Å²) in [6.07, 6.45) is -0.364. The van der Waals surface area contributed by atoms with Crippen molar-refractivity contribution < 1.29 is 18.3 Å². The Morgan fingerprint density at radius 2 is 2.21 bits per heavy atom. The first-order valence-corrected chi connectivity index (χ1v) is 8.37. The number of aromatic nitrogens is 1. The van der Waals surface area contributed by atoms with E-state index in [-0.39, 0.29) is 36.0 Å². The minimum absolute atomic E-state index is 0.0432. The minimum Gasteiger partial charge on any atom is -0.386 e. The van der Waals surface area contributed by atoms with Gasteiger partial charge in [0.15, 0.2) is 6.17 Å². The van der Waals surface area contributed by atoms with Crippen LogP contribution in [0.2, 0.25) is 0 Å². The topological polar surface area (TPSA) is 113 Å². The molecule has 0 radical (unpaired) electrons. The number of amides is 1. The molecule has 0 bridgehead atoms. The molecule has 0 saturated heterocycles. The standard InChI is InChI=1S/C19H17F2N5O2/c1-19(16(21)9-28-10-17(23)26-19)13-6-12(3-4-14(13)20)25-18(27)15-5-2-11(7-22)8-24-15/h2-6,8,16H,9-10H2,1H3,(H2,23,26)(H,25,27)/t16-,19?/m0/s1. The molecule has 7 nitrogen and oxygen atoms in total. The molecule has 28 heavy (non-hydrogen) atoms. The molecule has 0 saturated carbocycles. The van der Waals surface area contributed by atoms with Crippen LogP contribution in [0.15, 0.2) is 41.5 Å². The lowest BCUT2D eigenvalue weighted by molar-refractivity contribution is 0.0754. The smallest absolute Gasteiger partial charge is 0.274 e. The maximum absolute atomic E-state index is 14.7. The molecule has 144 valence electrons. The van der Waals surface area contributed by atoms with E-state index in [9.17, 15) is 13.6 Å². The molecule has 3 N–H and O–H groups in total. The van der Waals surface area contributed by atoms with Crippen molar-refractivity contribution in [2.24, 2.45) is 10.7 Å². The monoisotopic (exact) mass is 385 g/mol. The number of carbonyl (C=O) groups is 1. The fourth-order valence-electron chi connectivity index (χ4n) is 2.84. The summed E-state index contributed by atoms with van der Waals surface area (Å²) >= 11 is 0. The van der Waals surface area contributed by atoms with Gasteiger partial charge in [0.25, 0.3) is 5.91 Å². The summed E-state index contributed by atoms with van der Waals surface area (Å²) in [5.74, 6) is -1.19. The first-order chi connectivity index (χ1) is 13.3. The van der Waals surface area contributed by atoms with Crippen molar-refractivity contribution in [2.45, 2.75) is 18.6 Å². The highest BCUT2D eigenvalue weighted by atomic mass is 19.1. The third-order valence-corrected chi connectivity index (χ3v) is 4.39. The SMILES string of the molecule is CC1(c2cc(NC(=O)c3ccc(C#N)cn3)ccc2F)N=C(N)COC[C@@H]1F. The van der Waals surface area contributed by atoms with Crippen molar-refractivity contribution in [3.63, 3.8) is 0 Å². The molecule has 2 aromatic rings. The van der Waals surface area contributed by atoms with Gasteiger partial charge in [0.05, 0.1) is 12.2 Å². The summed E-state index contributed by atoms with van der Waals surface area (Å²) in [6, 6.07) is 8.53. The average molecular weight is 385 g/mol. The van der Waals surface area contributed by atoms with Gasteiger partial charge in [0.2, 0.25) is 0 Å². The molecule has 1 aliphatic heterocycles. The van der Waals surface area contributed by atoms with Gasteiger partial charge < -0.3 is 15.8 Å².